The number of hydrogen-bond donors (Lipinski definition) is 2. The van der Waals surface area contributed by atoms with Gasteiger partial charge in [-0.1, -0.05) is 6.07 Å². The van der Waals surface area contributed by atoms with E-state index in [1.165, 1.54) is 6.07 Å². The Bertz CT molecular complexity index is 404. The summed E-state index contributed by atoms with van der Waals surface area (Å²) in [6.45, 7) is 2.09. The van der Waals surface area contributed by atoms with Crippen molar-refractivity contribution in [1.82, 2.24) is 5.32 Å². The van der Waals surface area contributed by atoms with Crippen LogP contribution in [0.5, 0.6) is 0 Å². The molecule has 1 aromatic rings. The van der Waals surface area contributed by atoms with Gasteiger partial charge < -0.3 is 10.4 Å². The van der Waals surface area contributed by atoms with E-state index in [4.69, 9.17) is 13.0 Å². The molecule has 1 amide bonds. The summed E-state index contributed by atoms with van der Waals surface area (Å²) in [5.41, 5.74) is 1.89. The summed E-state index contributed by atoms with van der Waals surface area (Å²) >= 11 is 0. The maximum absolute atomic E-state index is 10.6. The molecule has 0 atom stereocenters. The normalized spacial score (nSPS) is 9.67. The number of nitrogens with one attached hydrogen (secondary N) is 1. The minimum atomic E-state index is -0.965. The van der Waals surface area contributed by atoms with Gasteiger partial charge >= 0.3 is 5.97 Å². The summed E-state index contributed by atoms with van der Waals surface area (Å²) < 4.78 is 0. The molecule has 0 heterocycles. The highest BCUT2D eigenvalue weighted by Crippen LogP contribution is 2.10. The number of hydrogen-bond acceptors (Lipinski definition) is 2. The highest BCUT2D eigenvalue weighted by atomic mass is 16.4. The number of amides is 1. The molecule has 0 bridgehead atoms. The molecule has 0 aliphatic carbocycles. The lowest BCUT2D eigenvalue weighted by atomic mass is 10.0. The highest BCUT2D eigenvalue weighted by molar-refractivity contribution is 6.57. The number of carbonyl (C=O) groups is 2. The summed E-state index contributed by atoms with van der Waals surface area (Å²) in [6.07, 6.45) is 0. The number of carbonyl (C=O) groups excluding carboxylic acids is 1. The first-order valence-electron chi connectivity index (χ1n) is 4.37. The third kappa shape index (κ3) is 3.12. The van der Waals surface area contributed by atoms with Crippen LogP contribution in [-0.4, -0.2) is 24.7 Å². The number of aromatic carboxylic acids is 1. The molecule has 0 fully saturated rings. The SMILES string of the molecule is [B]C(=O)NCc1ccc(C(=O)O)cc1C. The average Bonchev–Trinajstić information content (AvgIpc) is 2.15. The zero-order chi connectivity index (χ0) is 11.4. The average molecular weight is 203 g/mol. The molecule has 0 aliphatic heterocycles. The largest absolute Gasteiger partial charge is 0.478 e. The summed E-state index contributed by atoms with van der Waals surface area (Å²) in [5, 5.41) is 11.2. The molecule has 2 N–H and O–H groups in total. The van der Waals surface area contributed by atoms with Crippen molar-refractivity contribution in [1.29, 1.82) is 0 Å². The van der Waals surface area contributed by atoms with E-state index < -0.39 is 11.8 Å². The molecule has 0 aromatic heterocycles. The van der Waals surface area contributed by atoms with Crippen LogP contribution in [-0.2, 0) is 6.54 Å². The summed E-state index contributed by atoms with van der Waals surface area (Å²) in [7, 11) is 4.92. The van der Waals surface area contributed by atoms with Gasteiger partial charge in [0, 0.05) is 6.54 Å². The lowest BCUT2D eigenvalue weighted by Gasteiger charge is -2.07. The predicted octanol–water partition coefficient (Wildman–Crippen LogP) is 1.07. The molecule has 76 valence electrons. The first kappa shape index (κ1) is 11.3. The Labute approximate surface area is 88.7 Å². The number of aryl methyl sites for hydroxylation is 1. The van der Waals surface area contributed by atoms with E-state index in [-0.39, 0.29) is 5.56 Å². The molecular formula is C10H10BNO3. The van der Waals surface area contributed by atoms with Gasteiger partial charge in [0.15, 0.2) is 5.81 Å². The van der Waals surface area contributed by atoms with Crippen LogP contribution in [0.25, 0.3) is 0 Å². The van der Waals surface area contributed by atoms with Crippen molar-refractivity contribution in [2.24, 2.45) is 0 Å². The van der Waals surface area contributed by atoms with E-state index in [0.717, 1.165) is 11.1 Å². The Morgan fingerprint density at radius 3 is 2.60 bits per heavy atom. The zero-order valence-corrected chi connectivity index (χ0v) is 8.28. The van der Waals surface area contributed by atoms with Crippen molar-refractivity contribution in [2.75, 3.05) is 0 Å². The van der Waals surface area contributed by atoms with Crippen molar-refractivity contribution < 1.29 is 14.7 Å². The lowest BCUT2D eigenvalue weighted by Crippen LogP contribution is -2.21. The van der Waals surface area contributed by atoms with Crippen LogP contribution in [0.2, 0.25) is 0 Å². The Morgan fingerprint density at radius 2 is 2.13 bits per heavy atom. The molecule has 2 radical (unpaired) electrons. The van der Waals surface area contributed by atoms with Crippen molar-refractivity contribution in [2.45, 2.75) is 13.5 Å². The Hall–Kier alpha value is -1.78. The molecule has 0 aliphatic rings. The van der Waals surface area contributed by atoms with E-state index in [1.54, 1.807) is 19.1 Å². The van der Waals surface area contributed by atoms with Gasteiger partial charge in [-0.2, -0.15) is 0 Å². The Balaban J connectivity index is 2.83. The highest BCUT2D eigenvalue weighted by Gasteiger charge is 2.05. The fourth-order valence-electron chi connectivity index (χ4n) is 1.21. The summed E-state index contributed by atoms with van der Waals surface area (Å²) in [4.78, 5) is 21.1. The van der Waals surface area contributed by atoms with E-state index in [9.17, 15) is 9.59 Å². The third-order valence-corrected chi connectivity index (χ3v) is 2.04. The molecule has 1 rings (SSSR count). The monoisotopic (exact) mass is 203 g/mol. The van der Waals surface area contributed by atoms with Gasteiger partial charge in [0.05, 0.1) is 5.56 Å². The second kappa shape index (κ2) is 4.64. The van der Waals surface area contributed by atoms with Gasteiger partial charge in [-0.25, -0.2) is 4.79 Å². The molecule has 0 saturated heterocycles. The molecule has 4 nitrogen and oxygen atoms in total. The second-order valence-corrected chi connectivity index (χ2v) is 3.16. The summed E-state index contributed by atoms with van der Waals surface area (Å²) in [6, 6.07) is 4.71. The summed E-state index contributed by atoms with van der Waals surface area (Å²) in [5.74, 6) is -1.57. The van der Waals surface area contributed by atoms with Crippen LogP contribution in [0.3, 0.4) is 0 Å². The fourth-order valence-corrected chi connectivity index (χ4v) is 1.21. The quantitative estimate of drug-likeness (QED) is 0.722. The van der Waals surface area contributed by atoms with Crippen LogP contribution in [0.15, 0.2) is 18.2 Å². The maximum atomic E-state index is 10.6. The van der Waals surface area contributed by atoms with Crippen molar-refractivity contribution >= 4 is 19.6 Å². The molecule has 1 aromatic carbocycles. The first-order chi connectivity index (χ1) is 7.00. The van der Waals surface area contributed by atoms with Crippen LogP contribution >= 0.6 is 0 Å². The van der Waals surface area contributed by atoms with E-state index in [1.807, 2.05) is 0 Å². The predicted molar refractivity (Wildman–Crippen MR) is 56.1 cm³/mol. The maximum Gasteiger partial charge on any atom is 0.335 e. The Morgan fingerprint density at radius 1 is 1.47 bits per heavy atom. The van der Waals surface area contributed by atoms with E-state index in [2.05, 4.69) is 5.32 Å². The van der Waals surface area contributed by atoms with Gasteiger partial charge in [-0.3, -0.25) is 4.79 Å². The van der Waals surface area contributed by atoms with Gasteiger partial charge in [0.2, 0.25) is 7.85 Å². The van der Waals surface area contributed by atoms with Crippen LogP contribution in [0.4, 0.5) is 4.79 Å². The smallest absolute Gasteiger partial charge is 0.335 e. The topological polar surface area (TPSA) is 66.4 Å². The zero-order valence-electron chi connectivity index (χ0n) is 8.28. The third-order valence-electron chi connectivity index (χ3n) is 2.04. The van der Waals surface area contributed by atoms with E-state index >= 15 is 0 Å². The number of rotatable bonds is 3. The molecule has 15 heavy (non-hydrogen) atoms. The van der Waals surface area contributed by atoms with Crippen LogP contribution in [0.1, 0.15) is 21.5 Å². The molecule has 5 heteroatoms. The molecular weight excluding hydrogens is 193 g/mol. The minimum absolute atomic E-state index is 0.232. The van der Waals surface area contributed by atoms with Crippen molar-refractivity contribution in [3.8, 4) is 0 Å². The molecule has 0 spiro atoms. The van der Waals surface area contributed by atoms with Crippen LogP contribution < -0.4 is 5.32 Å². The number of carboxylic acids is 1. The van der Waals surface area contributed by atoms with Gasteiger partial charge in [-0.15, -0.1) is 0 Å². The van der Waals surface area contributed by atoms with E-state index in [0.29, 0.717) is 6.54 Å². The molecule has 0 unspecified atom stereocenters. The van der Waals surface area contributed by atoms with Gasteiger partial charge in [0.1, 0.15) is 0 Å². The number of benzene rings is 1. The Kier molecular flexibility index (Phi) is 3.49. The first-order valence-corrected chi connectivity index (χ1v) is 4.37. The van der Waals surface area contributed by atoms with Crippen molar-refractivity contribution in [3.63, 3.8) is 0 Å². The fraction of sp³-hybridized carbons (Fsp3) is 0.200. The van der Waals surface area contributed by atoms with Crippen LogP contribution in [0, 0.1) is 6.92 Å². The standard InChI is InChI=1S/C10H10BNO3/c1-6-4-7(9(13)14)2-3-8(6)5-12-10(11)15/h2-4H,5H2,1H3,(H,12,15)(H,13,14). The molecule has 0 saturated carbocycles. The minimum Gasteiger partial charge on any atom is -0.478 e. The second-order valence-electron chi connectivity index (χ2n) is 3.16. The van der Waals surface area contributed by atoms with Gasteiger partial charge in [0.25, 0.3) is 0 Å². The van der Waals surface area contributed by atoms with Gasteiger partial charge in [-0.05, 0) is 30.2 Å². The number of carboxylic acid groups (broad SMARTS) is 1. The lowest BCUT2D eigenvalue weighted by molar-refractivity contribution is 0.0696. The van der Waals surface area contributed by atoms with Crippen molar-refractivity contribution in [3.05, 3.63) is 34.9 Å².